The summed E-state index contributed by atoms with van der Waals surface area (Å²) in [5, 5.41) is 20.0. The molecule has 0 radical (unpaired) electrons. The third-order valence-corrected chi connectivity index (χ3v) is 8.83. The number of likely N-dealkylation sites (tertiary alicyclic amines) is 2. The lowest BCUT2D eigenvalue weighted by molar-refractivity contribution is -0.00188. The van der Waals surface area contributed by atoms with Crippen LogP contribution in [0.1, 0.15) is 75.4 Å². The molecule has 0 aliphatic carbocycles. The molecule has 6 rings (SSSR count). The zero-order valence-electron chi connectivity index (χ0n) is 31.9. The van der Waals surface area contributed by atoms with Crippen molar-refractivity contribution in [3.8, 4) is 24.0 Å². The molecular formula is C40H40Cl2N10O4. The van der Waals surface area contributed by atoms with Crippen molar-refractivity contribution in [2.24, 2.45) is 0 Å². The maximum atomic E-state index is 12.3. The lowest BCUT2D eigenvalue weighted by atomic mass is 9.75. The summed E-state index contributed by atoms with van der Waals surface area (Å²) in [6.45, 7) is 11.8. The minimum atomic E-state index is -0.925. The van der Waals surface area contributed by atoms with E-state index in [0.29, 0.717) is 35.5 Å². The largest absolute Gasteiger partial charge is 0.444 e. The number of halogens is 2. The molecule has 288 valence electrons. The number of ether oxygens (including phenoxy) is 2. The first-order valence-corrected chi connectivity index (χ1v) is 18.4. The molecule has 2 fully saturated rings. The number of carbonyl (C=O) groups is 2. The van der Waals surface area contributed by atoms with Gasteiger partial charge in [-0.05, 0) is 119 Å². The highest BCUT2D eigenvalue weighted by Gasteiger charge is 2.51. The maximum absolute atomic E-state index is 12.3. The van der Waals surface area contributed by atoms with Crippen molar-refractivity contribution in [3.63, 3.8) is 0 Å². The van der Waals surface area contributed by atoms with Crippen LogP contribution in [-0.2, 0) is 33.1 Å². The molecule has 2 aliphatic heterocycles. The van der Waals surface area contributed by atoms with E-state index in [0.717, 1.165) is 11.3 Å². The molecule has 0 unspecified atom stereocenters. The first kappa shape index (κ1) is 41.3. The molecule has 0 spiro atoms. The lowest BCUT2D eigenvalue weighted by Crippen LogP contribution is -2.61. The van der Waals surface area contributed by atoms with Crippen LogP contribution >= 0.6 is 23.2 Å². The summed E-state index contributed by atoms with van der Waals surface area (Å²) in [6.07, 6.45) is 6.88. The summed E-state index contributed by atoms with van der Waals surface area (Å²) in [6, 6.07) is 15.5. The highest BCUT2D eigenvalue weighted by atomic mass is 35.5. The Hall–Kier alpha value is -5.88. The first-order chi connectivity index (χ1) is 26.4. The minimum absolute atomic E-state index is 0.110. The summed E-state index contributed by atoms with van der Waals surface area (Å²) in [4.78, 5) is 52.3. The second-order valence-electron chi connectivity index (χ2n) is 15.2. The van der Waals surface area contributed by atoms with Crippen LogP contribution in [-0.4, -0.2) is 89.3 Å². The quantitative estimate of drug-likeness (QED) is 0.164. The standard InChI is InChI=1S/C20H22ClN5O2.C20H18ClN5O2/c2*1-19(2,3)28-18(27)26-12-20(11-22,13-26)16-14(5-4-9-23-16)6-7-15-8-10-24-17(21)25-15/h4-5,8-10H,6-7,12-13H2,1-3H3;4-5,8-10H,12-13H2,1-3H3. The van der Waals surface area contributed by atoms with Gasteiger partial charge in [0, 0.05) is 36.0 Å². The van der Waals surface area contributed by atoms with Gasteiger partial charge in [-0.15, -0.1) is 0 Å². The number of aryl methyl sites for hydroxylation is 2. The molecule has 2 aliphatic rings. The zero-order chi connectivity index (χ0) is 40.7. The van der Waals surface area contributed by atoms with Crippen molar-refractivity contribution in [1.29, 1.82) is 10.5 Å². The number of rotatable bonds is 5. The smallest absolute Gasteiger partial charge is 0.410 e. The van der Waals surface area contributed by atoms with Gasteiger partial charge >= 0.3 is 12.2 Å². The number of nitrogens with zero attached hydrogens (tertiary/aromatic N) is 10. The van der Waals surface area contributed by atoms with Gasteiger partial charge in [0.15, 0.2) is 0 Å². The molecule has 4 aromatic heterocycles. The van der Waals surface area contributed by atoms with Crippen LogP contribution in [0.2, 0.25) is 10.6 Å². The van der Waals surface area contributed by atoms with Crippen LogP contribution in [0.25, 0.3) is 0 Å². The van der Waals surface area contributed by atoms with E-state index in [1.54, 1.807) is 57.6 Å². The summed E-state index contributed by atoms with van der Waals surface area (Å²) >= 11 is 11.6. The predicted octanol–water partition coefficient (Wildman–Crippen LogP) is 6.26. The van der Waals surface area contributed by atoms with Crippen LogP contribution in [0.4, 0.5) is 9.59 Å². The lowest BCUT2D eigenvalue weighted by Gasteiger charge is -2.45. The van der Waals surface area contributed by atoms with Crippen LogP contribution in [0, 0.1) is 34.5 Å². The summed E-state index contributed by atoms with van der Waals surface area (Å²) in [5.74, 6) is 5.91. The van der Waals surface area contributed by atoms with Gasteiger partial charge in [-0.3, -0.25) is 9.97 Å². The normalized spacial score (nSPS) is 15.2. The molecule has 16 heteroatoms. The van der Waals surface area contributed by atoms with Crippen molar-refractivity contribution in [2.75, 3.05) is 26.2 Å². The molecule has 0 saturated carbocycles. The van der Waals surface area contributed by atoms with Gasteiger partial charge < -0.3 is 19.3 Å². The molecule has 2 saturated heterocycles. The Morgan fingerprint density at radius 3 is 1.75 bits per heavy atom. The van der Waals surface area contributed by atoms with Crippen LogP contribution < -0.4 is 0 Å². The van der Waals surface area contributed by atoms with Crippen LogP contribution in [0.3, 0.4) is 0 Å². The van der Waals surface area contributed by atoms with E-state index in [1.165, 1.54) is 16.0 Å². The third-order valence-electron chi connectivity index (χ3n) is 8.47. The fraction of sp³-hybridized carbons (Fsp3) is 0.400. The van der Waals surface area contributed by atoms with Crippen LogP contribution in [0.5, 0.6) is 0 Å². The van der Waals surface area contributed by atoms with Crippen molar-refractivity contribution < 1.29 is 19.1 Å². The number of aromatic nitrogens is 6. The van der Waals surface area contributed by atoms with E-state index in [-0.39, 0.29) is 36.7 Å². The Morgan fingerprint density at radius 2 is 1.21 bits per heavy atom. The topological polar surface area (TPSA) is 184 Å². The number of amides is 2. The molecule has 0 N–H and O–H groups in total. The zero-order valence-corrected chi connectivity index (χ0v) is 33.4. The van der Waals surface area contributed by atoms with Crippen molar-refractivity contribution in [1.82, 2.24) is 39.7 Å². The van der Waals surface area contributed by atoms with Crippen molar-refractivity contribution >= 4 is 35.4 Å². The maximum Gasteiger partial charge on any atom is 0.410 e. The molecule has 14 nitrogen and oxygen atoms in total. The van der Waals surface area contributed by atoms with Gasteiger partial charge in [-0.25, -0.2) is 29.5 Å². The fourth-order valence-corrected chi connectivity index (χ4v) is 6.25. The average molecular weight is 796 g/mol. The molecule has 0 atom stereocenters. The van der Waals surface area contributed by atoms with Gasteiger partial charge in [-0.2, -0.15) is 10.5 Å². The van der Waals surface area contributed by atoms with Gasteiger partial charge in [0.1, 0.15) is 27.7 Å². The summed E-state index contributed by atoms with van der Waals surface area (Å²) < 4.78 is 10.8. The Balaban J connectivity index is 0.000000214. The van der Waals surface area contributed by atoms with E-state index in [9.17, 15) is 20.1 Å². The summed E-state index contributed by atoms with van der Waals surface area (Å²) in [7, 11) is 0. The van der Waals surface area contributed by atoms with E-state index in [2.05, 4.69) is 53.9 Å². The monoisotopic (exact) mass is 794 g/mol. The molecule has 0 aromatic carbocycles. The van der Waals surface area contributed by atoms with Gasteiger partial charge in [0.2, 0.25) is 10.6 Å². The molecule has 4 aromatic rings. The molecule has 0 bridgehead atoms. The van der Waals surface area contributed by atoms with Gasteiger partial charge in [0.25, 0.3) is 0 Å². The Kier molecular flexibility index (Phi) is 12.4. The molecule has 6 heterocycles. The third kappa shape index (κ3) is 10.2. The second-order valence-corrected chi connectivity index (χ2v) is 15.9. The average Bonchev–Trinajstić information content (AvgIpc) is 3.09. The van der Waals surface area contributed by atoms with Gasteiger partial charge in [-0.1, -0.05) is 12.0 Å². The van der Waals surface area contributed by atoms with E-state index in [1.807, 2.05) is 39.0 Å². The number of hydrogen-bond acceptors (Lipinski definition) is 12. The molecule has 56 heavy (non-hydrogen) atoms. The van der Waals surface area contributed by atoms with Crippen molar-refractivity contribution in [3.05, 3.63) is 106 Å². The number of pyridine rings is 2. The number of nitriles is 2. The Morgan fingerprint density at radius 1 is 0.696 bits per heavy atom. The number of carbonyl (C=O) groups excluding carboxylic acids is 2. The molecule has 2 amide bonds. The highest BCUT2D eigenvalue weighted by Crippen LogP contribution is 2.37. The van der Waals surface area contributed by atoms with Crippen molar-refractivity contribution in [2.45, 2.75) is 76.4 Å². The van der Waals surface area contributed by atoms with E-state index < -0.39 is 34.2 Å². The van der Waals surface area contributed by atoms with Gasteiger partial charge in [0.05, 0.1) is 49.7 Å². The highest BCUT2D eigenvalue weighted by molar-refractivity contribution is 6.28. The minimum Gasteiger partial charge on any atom is -0.444 e. The Bertz CT molecular complexity index is 2240. The Labute approximate surface area is 335 Å². The predicted molar refractivity (Wildman–Crippen MR) is 206 cm³/mol. The van der Waals surface area contributed by atoms with Crippen LogP contribution in [0.15, 0.2) is 61.2 Å². The fourth-order valence-electron chi connectivity index (χ4n) is 5.93. The SMILES string of the molecule is CC(C)(C)OC(=O)N1CC(C#N)(c2ncccc2C#Cc2ccnc(Cl)n2)C1.CC(C)(C)OC(=O)N1CC(C#N)(c2ncccc2CCc2ccnc(Cl)n2)C1. The first-order valence-electron chi connectivity index (χ1n) is 17.6. The number of hydrogen-bond donors (Lipinski definition) is 0. The van der Waals surface area contributed by atoms with E-state index >= 15 is 0 Å². The second kappa shape index (κ2) is 16.9. The van der Waals surface area contributed by atoms with E-state index in [4.69, 9.17) is 32.7 Å². The summed E-state index contributed by atoms with van der Waals surface area (Å²) in [5.41, 5.74) is 1.17. The molecular weight excluding hydrogens is 755 g/mol.